The predicted molar refractivity (Wildman–Crippen MR) is 126 cm³/mol. The monoisotopic (exact) mass is 482 g/mol. The lowest BCUT2D eigenvalue weighted by atomic mass is 9.92. The molecular weight excluding hydrogens is 467 g/mol. The molecule has 7 nitrogen and oxygen atoms in total. The summed E-state index contributed by atoms with van der Waals surface area (Å²) >= 11 is 12.3. The number of halogens is 2. The van der Waals surface area contributed by atoms with E-state index in [1.165, 1.54) is 47.4 Å². The normalized spacial score (nSPS) is 17.4. The Labute approximate surface area is 198 Å². The fourth-order valence-corrected chi connectivity index (χ4v) is 4.38. The van der Waals surface area contributed by atoms with Crippen molar-refractivity contribution < 1.29 is 19.6 Å². The molecule has 33 heavy (non-hydrogen) atoms. The van der Waals surface area contributed by atoms with Gasteiger partial charge in [0, 0.05) is 33.4 Å². The molecule has 1 heterocycles. The van der Waals surface area contributed by atoms with Crippen LogP contribution in [-0.2, 0) is 9.59 Å². The summed E-state index contributed by atoms with van der Waals surface area (Å²) in [5.74, 6) is -2.19. The van der Waals surface area contributed by atoms with Gasteiger partial charge in [-0.05, 0) is 48.4 Å². The number of ketones is 1. The van der Waals surface area contributed by atoms with Crippen LogP contribution in [0.1, 0.15) is 22.7 Å². The number of aliphatic hydroxyl groups is 1. The Balaban J connectivity index is 1.96. The van der Waals surface area contributed by atoms with E-state index in [4.69, 9.17) is 23.2 Å². The number of hydrogen-bond acceptors (Lipinski definition) is 5. The zero-order chi connectivity index (χ0) is 23.9. The Hall–Kier alpha value is -3.68. The largest absolute Gasteiger partial charge is 0.507 e. The highest BCUT2D eigenvalue weighted by atomic mass is 35.5. The zero-order valence-corrected chi connectivity index (χ0v) is 18.7. The van der Waals surface area contributed by atoms with E-state index in [-0.39, 0.29) is 26.9 Å². The fraction of sp³-hybridized carbons (Fsp3) is 0.0833. The minimum atomic E-state index is -0.962. The quantitative estimate of drug-likeness (QED) is 0.165. The molecule has 166 valence electrons. The van der Waals surface area contributed by atoms with Crippen molar-refractivity contribution in [1.29, 1.82) is 0 Å². The second-order valence-electron chi connectivity index (χ2n) is 7.46. The number of benzene rings is 3. The van der Waals surface area contributed by atoms with E-state index < -0.39 is 28.4 Å². The summed E-state index contributed by atoms with van der Waals surface area (Å²) in [5.41, 5.74) is 1.57. The Morgan fingerprint density at radius 1 is 1.00 bits per heavy atom. The van der Waals surface area contributed by atoms with E-state index in [2.05, 4.69) is 0 Å². The first kappa shape index (κ1) is 22.5. The topological polar surface area (TPSA) is 101 Å². The number of amides is 1. The van der Waals surface area contributed by atoms with Gasteiger partial charge in [0.25, 0.3) is 17.4 Å². The van der Waals surface area contributed by atoms with Gasteiger partial charge in [-0.15, -0.1) is 0 Å². The van der Waals surface area contributed by atoms with Gasteiger partial charge in [-0.3, -0.25) is 24.6 Å². The highest BCUT2D eigenvalue weighted by Gasteiger charge is 2.47. The summed E-state index contributed by atoms with van der Waals surface area (Å²) in [7, 11) is 0. The molecule has 0 aromatic heterocycles. The van der Waals surface area contributed by atoms with Gasteiger partial charge < -0.3 is 5.11 Å². The summed E-state index contributed by atoms with van der Waals surface area (Å²) in [5, 5.41) is 22.6. The van der Waals surface area contributed by atoms with Crippen LogP contribution in [0.2, 0.25) is 10.0 Å². The summed E-state index contributed by atoms with van der Waals surface area (Å²) in [6.45, 7) is 1.83. The van der Waals surface area contributed by atoms with Crippen LogP contribution in [0.3, 0.4) is 0 Å². The fourth-order valence-electron chi connectivity index (χ4n) is 3.86. The van der Waals surface area contributed by atoms with Crippen molar-refractivity contribution in [3.05, 3.63) is 109 Å². The highest BCUT2D eigenvalue weighted by molar-refractivity contribution is 6.52. The van der Waals surface area contributed by atoms with Gasteiger partial charge >= 0.3 is 0 Å². The Kier molecular flexibility index (Phi) is 5.93. The van der Waals surface area contributed by atoms with E-state index in [1.807, 2.05) is 19.1 Å². The second kappa shape index (κ2) is 8.69. The number of carbonyl (C=O) groups is 2. The van der Waals surface area contributed by atoms with Crippen molar-refractivity contribution in [3.63, 3.8) is 0 Å². The Morgan fingerprint density at radius 3 is 2.18 bits per heavy atom. The van der Waals surface area contributed by atoms with Gasteiger partial charge in [0.2, 0.25) is 0 Å². The maximum absolute atomic E-state index is 13.2. The van der Waals surface area contributed by atoms with Crippen LogP contribution in [0, 0.1) is 17.0 Å². The van der Waals surface area contributed by atoms with Crippen LogP contribution >= 0.6 is 23.2 Å². The van der Waals surface area contributed by atoms with Crippen molar-refractivity contribution in [1.82, 2.24) is 0 Å². The molecule has 0 bridgehead atoms. The predicted octanol–water partition coefficient (Wildman–Crippen LogP) is 5.84. The molecule has 3 aromatic rings. The molecule has 0 radical (unpaired) electrons. The van der Waals surface area contributed by atoms with Crippen molar-refractivity contribution >= 4 is 52.0 Å². The van der Waals surface area contributed by atoms with E-state index in [1.54, 1.807) is 12.1 Å². The number of non-ortho nitro benzene ring substituents is 1. The first-order chi connectivity index (χ1) is 15.7. The first-order valence-electron chi connectivity index (χ1n) is 9.76. The number of aryl methyl sites for hydroxylation is 1. The molecule has 0 saturated carbocycles. The number of nitro groups is 1. The standard InChI is InChI=1S/C24H16Cl2N2O5/c1-13-4-2-3-5-19(13)21-20(22(29)14-6-8-17(9-7-14)28(32)33)23(30)24(31)27(21)18-11-15(25)10-16(26)12-18/h2-12,21,29H,1H3/b22-20+. The van der Waals surface area contributed by atoms with Crippen LogP contribution in [0.5, 0.6) is 0 Å². The van der Waals surface area contributed by atoms with Crippen molar-refractivity contribution in [2.45, 2.75) is 13.0 Å². The third kappa shape index (κ3) is 4.08. The molecule has 0 spiro atoms. The summed E-state index contributed by atoms with van der Waals surface area (Å²) in [4.78, 5) is 38.0. The molecule has 1 amide bonds. The molecule has 0 aliphatic carbocycles. The number of nitrogens with zero attached hydrogens (tertiary/aromatic N) is 2. The SMILES string of the molecule is Cc1ccccc1C1/C(=C(\O)c2ccc([N+](=O)[O-])cc2)C(=O)C(=O)N1c1cc(Cl)cc(Cl)c1. The number of hydrogen-bond donors (Lipinski definition) is 1. The van der Waals surface area contributed by atoms with Gasteiger partial charge in [0.05, 0.1) is 16.5 Å². The minimum Gasteiger partial charge on any atom is -0.507 e. The van der Waals surface area contributed by atoms with Gasteiger partial charge in [-0.25, -0.2) is 0 Å². The molecule has 1 fully saturated rings. The van der Waals surface area contributed by atoms with E-state index in [0.29, 0.717) is 11.3 Å². The van der Waals surface area contributed by atoms with Crippen LogP contribution in [0.4, 0.5) is 11.4 Å². The van der Waals surface area contributed by atoms with Crippen molar-refractivity contribution in [3.8, 4) is 0 Å². The van der Waals surface area contributed by atoms with Gasteiger partial charge in [-0.2, -0.15) is 0 Å². The highest BCUT2D eigenvalue weighted by Crippen LogP contribution is 2.44. The lowest BCUT2D eigenvalue weighted by Gasteiger charge is -2.27. The third-order valence-electron chi connectivity index (χ3n) is 5.40. The van der Waals surface area contributed by atoms with E-state index in [9.17, 15) is 24.8 Å². The van der Waals surface area contributed by atoms with Gasteiger partial charge in [0.1, 0.15) is 5.76 Å². The number of anilines is 1. The average molecular weight is 483 g/mol. The summed E-state index contributed by atoms with van der Waals surface area (Å²) in [6, 6.07) is 15.8. The lowest BCUT2D eigenvalue weighted by Crippen LogP contribution is -2.29. The average Bonchev–Trinajstić information content (AvgIpc) is 3.03. The lowest BCUT2D eigenvalue weighted by molar-refractivity contribution is -0.384. The molecular formula is C24H16Cl2N2O5. The first-order valence-corrected chi connectivity index (χ1v) is 10.5. The Morgan fingerprint density at radius 2 is 1.61 bits per heavy atom. The van der Waals surface area contributed by atoms with Crippen LogP contribution in [0.15, 0.2) is 72.3 Å². The van der Waals surface area contributed by atoms with Gasteiger partial charge in [-0.1, -0.05) is 47.5 Å². The van der Waals surface area contributed by atoms with Crippen molar-refractivity contribution in [2.75, 3.05) is 4.90 Å². The smallest absolute Gasteiger partial charge is 0.300 e. The number of nitro benzene ring substituents is 1. The number of Topliss-reactive ketones (excluding diaryl/α,β-unsaturated/α-hetero) is 1. The minimum absolute atomic E-state index is 0.140. The summed E-state index contributed by atoms with van der Waals surface area (Å²) < 4.78 is 0. The molecule has 1 saturated heterocycles. The molecule has 1 aliphatic rings. The van der Waals surface area contributed by atoms with Crippen LogP contribution < -0.4 is 4.90 Å². The molecule has 4 rings (SSSR count). The number of rotatable bonds is 4. The zero-order valence-electron chi connectivity index (χ0n) is 17.2. The van der Waals surface area contributed by atoms with E-state index in [0.717, 1.165) is 5.56 Å². The molecule has 9 heteroatoms. The Bertz CT molecular complexity index is 1310. The molecule has 1 unspecified atom stereocenters. The maximum atomic E-state index is 13.2. The number of aliphatic hydroxyl groups excluding tert-OH is 1. The second-order valence-corrected chi connectivity index (χ2v) is 8.33. The van der Waals surface area contributed by atoms with Crippen LogP contribution in [0.25, 0.3) is 5.76 Å². The molecule has 1 aliphatic heterocycles. The van der Waals surface area contributed by atoms with Gasteiger partial charge in [0.15, 0.2) is 0 Å². The summed E-state index contributed by atoms with van der Waals surface area (Å²) in [6.07, 6.45) is 0. The third-order valence-corrected chi connectivity index (χ3v) is 5.84. The maximum Gasteiger partial charge on any atom is 0.300 e. The van der Waals surface area contributed by atoms with Crippen molar-refractivity contribution in [2.24, 2.45) is 0 Å². The van der Waals surface area contributed by atoms with Crippen LogP contribution in [-0.4, -0.2) is 21.7 Å². The number of carbonyl (C=O) groups excluding carboxylic acids is 2. The van der Waals surface area contributed by atoms with E-state index >= 15 is 0 Å². The molecule has 1 N–H and O–H groups in total. The molecule has 3 aromatic carbocycles. The molecule has 1 atom stereocenters.